The Bertz CT molecular complexity index is 1600. The highest BCUT2D eigenvalue weighted by atomic mass is 16.2. The lowest BCUT2D eigenvalue weighted by molar-refractivity contribution is -0.129. The lowest BCUT2D eigenvalue weighted by Gasteiger charge is -2.54. The van der Waals surface area contributed by atoms with Crippen LogP contribution in [0.3, 0.4) is 0 Å². The van der Waals surface area contributed by atoms with E-state index in [9.17, 15) is 4.79 Å². The van der Waals surface area contributed by atoms with Crippen LogP contribution in [0.5, 0.6) is 0 Å². The number of rotatable bonds is 5. The zero-order chi connectivity index (χ0) is 25.9. The average Bonchev–Trinajstić information content (AvgIpc) is 3.60. The van der Waals surface area contributed by atoms with Gasteiger partial charge in [0.2, 0.25) is 11.9 Å². The molecule has 2 bridgehead atoms. The van der Waals surface area contributed by atoms with Crippen LogP contribution < -0.4 is 5.32 Å². The van der Waals surface area contributed by atoms with Crippen molar-refractivity contribution in [3.63, 3.8) is 0 Å². The fourth-order valence-electron chi connectivity index (χ4n) is 6.83. The third kappa shape index (κ3) is 3.40. The van der Waals surface area contributed by atoms with Crippen molar-refractivity contribution in [3.05, 3.63) is 108 Å². The molecule has 0 radical (unpaired) electrons. The molecule has 0 saturated carbocycles. The minimum Gasteiger partial charge on any atom is -0.328 e. The van der Waals surface area contributed by atoms with E-state index in [-0.39, 0.29) is 11.9 Å². The number of nitrogens with one attached hydrogen (secondary N) is 2. The molecular formula is C30H29N7O. The number of hydrogen-bond donors (Lipinski definition) is 2. The number of benzene rings is 1. The van der Waals surface area contributed by atoms with Crippen molar-refractivity contribution in [2.45, 2.75) is 44.6 Å². The van der Waals surface area contributed by atoms with Crippen molar-refractivity contribution in [2.24, 2.45) is 11.3 Å². The van der Waals surface area contributed by atoms with Crippen LogP contribution in [-0.2, 0) is 16.6 Å². The number of pyridine rings is 1. The topological polar surface area (TPSA) is 101 Å². The maximum Gasteiger partial charge on any atom is 0.235 e. The van der Waals surface area contributed by atoms with Crippen LogP contribution in [-0.4, -0.2) is 35.6 Å². The molecule has 1 aromatic carbocycles. The number of hydrogen-bond acceptors (Lipinski definition) is 5. The van der Waals surface area contributed by atoms with Gasteiger partial charge in [-0.25, -0.2) is 4.98 Å². The summed E-state index contributed by atoms with van der Waals surface area (Å²) in [6.07, 6.45) is 16.4. The number of carbonyl (C=O) groups is 1. The second-order valence-electron chi connectivity index (χ2n) is 11.1. The number of fused-ring (bicyclic) bond motifs is 1. The van der Waals surface area contributed by atoms with Crippen molar-refractivity contribution in [2.75, 3.05) is 5.32 Å². The molecule has 8 nitrogen and oxygen atoms in total. The van der Waals surface area contributed by atoms with Gasteiger partial charge in [-0.3, -0.25) is 15.1 Å². The Morgan fingerprint density at radius 2 is 2.03 bits per heavy atom. The lowest BCUT2D eigenvalue weighted by atomic mass is 9.55. The number of nitrogens with zero attached hydrogens (tertiary/aromatic N) is 5. The highest BCUT2D eigenvalue weighted by molar-refractivity contribution is 5.95. The summed E-state index contributed by atoms with van der Waals surface area (Å²) in [5.74, 6) is 1.74. The highest BCUT2D eigenvalue weighted by Gasteiger charge is 2.60. The second-order valence-corrected chi connectivity index (χ2v) is 11.1. The van der Waals surface area contributed by atoms with Gasteiger partial charge in [0.1, 0.15) is 12.2 Å². The Hall–Kier alpha value is -4.33. The van der Waals surface area contributed by atoms with Gasteiger partial charge in [-0.15, -0.1) is 10.2 Å². The number of anilines is 1. The van der Waals surface area contributed by atoms with Gasteiger partial charge in [-0.05, 0) is 73.4 Å². The fraction of sp³-hybridized carbons (Fsp3) is 0.300. The SMILES string of the molecule is CC12CC(C)(C(=O)Nc3ncc(CC4C=CC(c5ccncc5)=CC4)[nH]3)C(c3ccccc31)n1cnnc12. The molecule has 5 heterocycles. The standard InChI is InChI=1S/C30H29N7O/c1-29-17-30(2,25(37-18-33-36-26(29)37)23-5-3-4-6-24(23)29)27(38)35-28-32-16-22(34-28)15-19-7-9-20(10-8-19)21-11-13-31-14-12-21/h3-7,9-14,16,18-19,25H,8,15,17H2,1-2H3,(H2,32,34,35,38). The van der Waals surface area contributed by atoms with E-state index in [1.807, 2.05) is 43.7 Å². The number of carbonyl (C=O) groups excluding carboxylic acids is 1. The Balaban J connectivity index is 1.08. The van der Waals surface area contributed by atoms with Crippen molar-refractivity contribution < 1.29 is 4.79 Å². The minimum atomic E-state index is -0.689. The maximum absolute atomic E-state index is 13.9. The van der Waals surface area contributed by atoms with Crippen LogP contribution in [0, 0.1) is 11.3 Å². The molecule has 0 fully saturated rings. The zero-order valence-electron chi connectivity index (χ0n) is 21.4. The molecule has 8 heteroatoms. The van der Waals surface area contributed by atoms with Gasteiger partial charge >= 0.3 is 0 Å². The van der Waals surface area contributed by atoms with E-state index in [1.54, 1.807) is 6.33 Å². The predicted octanol–water partition coefficient (Wildman–Crippen LogP) is 4.86. The molecule has 38 heavy (non-hydrogen) atoms. The zero-order valence-corrected chi connectivity index (χ0v) is 21.4. The van der Waals surface area contributed by atoms with Gasteiger partial charge < -0.3 is 9.55 Å². The first-order valence-corrected chi connectivity index (χ1v) is 13.1. The molecule has 2 N–H and O–H groups in total. The number of amides is 1. The summed E-state index contributed by atoms with van der Waals surface area (Å²) in [5.41, 5.74) is 4.73. The molecule has 4 aliphatic rings. The monoisotopic (exact) mass is 503 g/mol. The highest BCUT2D eigenvalue weighted by Crippen LogP contribution is 2.60. The van der Waals surface area contributed by atoms with Crippen LogP contribution >= 0.6 is 0 Å². The molecule has 190 valence electrons. The number of imidazole rings is 1. The molecule has 4 unspecified atom stereocenters. The summed E-state index contributed by atoms with van der Waals surface area (Å²) in [6.45, 7) is 4.22. The van der Waals surface area contributed by atoms with E-state index in [2.05, 4.69) is 78.4 Å². The molecule has 0 spiro atoms. The number of H-pyrrole nitrogens is 1. The van der Waals surface area contributed by atoms with Crippen LogP contribution in [0.25, 0.3) is 5.57 Å². The third-order valence-electron chi connectivity index (χ3n) is 8.58. The van der Waals surface area contributed by atoms with Gasteiger partial charge in [0.15, 0.2) is 0 Å². The van der Waals surface area contributed by atoms with Gasteiger partial charge in [0, 0.05) is 18.1 Å². The van der Waals surface area contributed by atoms with Crippen LogP contribution in [0.4, 0.5) is 5.95 Å². The second kappa shape index (κ2) is 8.34. The predicted molar refractivity (Wildman–Crippen MR) is 144 cm³/mol. The smallest absolute Gasteiger partial charge is 0.235 e. The van der Waals surface area contributed by atoms with Gasteiger partial charge in [0.05, 0.1) is 23.1 Å². The first kappa shape index (κ1) is 22.8. The molecule has 1 amide bonds. The summed E-state index contributed by atoms with van der Waals surface area (Å²) in [5, 5.41) is 11.8. The summed E-state index contributed by atoms with van der Waals surface area (Å²) in [7, 11) is 0. The quantitative estimate of drug-likeness (QED) is 0.405. The molecule has 3 aromatic heterocycles. The first-order valence-electron chi connectivity index (χ1n) is 13.1. The lowest BCUT2D eigenvalue weighted by Crippen LogP contribution is -2.55. The summed E-state index contributed by atoms with van der Waals surface area (Å²) in [4.78, 5) is 25.8. The minimum absolute atomic E-state index is 0.0500. The molecule has 2 aliphatic heterocycles. The first-order chi connectivity index (χ1) is 18.5. The van der Waals surface area contributed by atoms with Crippen LogP contribution in [0.2, 0.25) is 0 Å². The van der Waals surface area contributed by atoms with E-state index in [0.717, 1.165) is 29.9 Å². The molecule has 2 aliphatic carbocycles. The summed E-state index contributed by atoms with van der Waals surface area (Å²) >= 11 is 0. The number of aromatic nitrogens is 6. The molecular weight excluding hydrogens is 474 g/mol. The Morgan fingerprint density at radius 3 is 2.84 bits per heavy atom. The molecule has 4 aromatic rings. The van der Waals surface area contributed by atoms with E-state index in [1.165, 1.54) is 16.7 Å². The normalized spacial score (nSPS) is 26.9. The van der Waals surface area contributed by atoms with E-state index >= 15 is 0 Å². The number of aromatic amines is 1. The van der Waals surface area contributed by atoms with Gasteiger partial charge in [-0.1, -0.05) is 42.5 Å². The molecule has 0 saturated heterocycles. The van der Waals surface area contributed by atoms with Gasteiger partial charge in [0.25, 0.3) is 0 Å². The van der Waals surface area contributed by atoms with E-state index in [4.69, 9.17) is 0 Å². The van der Waals surface area contributed by atoms with Crippen molar-refractivity contribution in [3.8, 4) is 0 Å². The van der Waals surface area contributed by atoms with Crippen molar-refractivity contribution in [1.82, 2.24) is 29.7 Å². The summed E-state index contributed by atoms with van der Waals surface area (Å²) in [6, 6.07) is 12.3. The third-order valence-corrected chi connectivity index (χ3v) is 8.58. The average molecular weight is 504 g/mol. The number of allylic oxidation sites excluding steroid dienone is 4. The van der Waals surface area contributed by atoms with E-state index in [0.29, 0.717) is 18.3 Å². The van der Waals surface area contributed by atoms with E-state index < -0.39 is 10.8 Å². The molecule has 4 atom stereocenters. The Labute approximate surface area is 221 Å². The molecule has 8 rings (SSSR count). The maximum atomic E-state index is 13.9. The van der Waals surface area contributed by atoms with Gasteiger partial charge in [-0.2, -0.15) is 0 Å². The Morgan fingerprint density at radius 1 is 1.18 bits per heavy atom. The Kier molecular flexibility index (Phi) is 5.01. The van der Waals surface area contributed by atoms with Crippen LogP contribution in [0.15, 0.2) is 79.5 Å². The van der Waals surface area contributed by atoms with Crippen molar-refractivity contribution >= 4 is 17.4 Å². The van der Waals surface area contributed by atoms with Crippen molar-refractivity contribution in [1.29, 1.82) is 0 Å². The summed E-state index contributed by atoms with van der Waals surface area (Å²) < 4.78 is 2.09. The van der Waals surface area contributed by atoms with Crippen LogP contribution in [0.1, 0.15) is 60.9 Å². The largest absolute Gasteiger partial charge is 0.328 e. The fourth-order valence-corrected chi connectivity index (χ4v) is 6.83.